The van der Waals surface area contributed by atoms with Crippen LogP contribution in [0.1, 0.15) is 65.8 Å². The highest BCUT2D eigenvalue weighted by atomic mass is 35.5. The molecule has 14 heteroatoms. The minimum Gasteiger partial charge on any atom is -0.487 e. The number of anilines is 2. The van der Waals surface area contributed by atoms with E-state index in [4.69, 9.17) is 35.6 Å². The van der Waals surface area contributed by atoms with Crippen LogP contribution in [0, 0.1) is 0 Å². The third-order valence-electron chi connectivity index (χ3n) is 9.15. The molecule has 264 valence electrons. The summed E-state index contributed by atoms with van der Waals surface area (Å²) in [6, 6.07) is 6.52. The fourth-order valence-electron chi connectivity index (χ4n) is 6.75. The molecule has 1 N–H and O–H groups in total. The molecule has 1 aliphatic heterocycles. The van der Waals surface area contributed by atoms with E-state index >= 15 is 0 Å². The van der Waals surface area contributed by atoms with E-state index in [1.165, 1.54) is 6.33 Å². The molecular formula is C35H48ClN9O4. The second-order valence-corrected chi connectivity index (χ2v) is 13.7. The average Bonchev–Trinajstić information content (AvgIpc) is 3.74. The van der Waals surface area contributed by atoms with E-state index in [-0.39, 0.29) is 24.4 Å². The van der Waals surface area contributed by atoms with E-state index in [2.05, 4.69) is 48.8 Å². The molecule has 2 aliphatic rings. The molecule has 1 aliphatic carbocycles. The Kier molecular flexibility index (Phi) is 11.7. The van der Waals surface area contributed by atoms with Crippen molar-refractivity contribution < 1.29 is 18.9 Å². The fraction of sp³-hybridized carbons (Fsp3) is 0.571. The molecule has 6 rings (SSSR count). The quantitative estimate of drug-likeness (QED) is 0.162. The molecule has 0 amide bonds. The van der Waals surface area contributed by atoms with Crippen LogP contribution >= 0.6 is 11.6 Å². The molecule has 49 heavy (non-hydrogen) atoms. The van der Waals surface area contributed by atoms with E-state index in [0.717, 1.165) is 62.0 Å². The maximum absolute atomic E-state index is 6.48. The van der Waals surface area contributed by atoms with Gasteiger partial charge < -0.3 is 24.3 Å². The van der Waals surface area contributed by atoms with Crippen LogP contribution in [0.5, 0.6) is 11.6 Å². The molecule has 3 aromatic heterocycles. The first-order valence-electron chi connectivity index (χ1n) is 17.3. The average molecular weight is 694 g/mol. The van der Waals surface area contributed by atoms with Crippen LogP contribution < -0.4 is 14.8 Å². The first-order valence-corrected chi connectivity index (χ1v) is 17.6. The summed E-state index contributed by atoms with van der Waals surface area (Å²) >= 11 is 6.48. The molecule has 0 bridgehead atoms. The lowest BCUT2D eigenvalue weighted by Crippen LogP contribution is -2.51. The number of nitrogens with one attached hydrogen (secondary N) is 1. The number of rotatable bonds is 14. The van der Waals surface area contributed by atoms with Crippen molar-refractivity contribution >= 4 is 23.2 Å². The van der Waals surface area contributed by atoms with E-state index in [1.54, 1.807) is 30.5 Å². The van der Waals surface area contributed by atoms with Gasteiger partial charge in [-0.25, -0.2) is 19.6 Å². The SMILES string of the molecule is COCCC(C)Oc1nn([C@H]2CC[C@H](N3C[C@@H](C)O[C@@H](C)C3)CC2)cc1Nc1ncc(-c2ccc(Cl)c(O[C@@H](C)Cn3cncn3)c2)cn1. The molecule has 1 saturated carbocycles. The molecule has 0 spiro atoms. The Balaban J connectivity index is 1.13. The Labute approximate surface area is 293 Å². The van der Waals surface area contributed by atoms with E-state index in [1.807, 2.05) is 38.2 Å². The predicted octanol–water partition coefficient (Wildman–Crippen LogP) is 6.19. The zero-order valence-electron chi connectivity index (χ0n) is 29.0. The predicted molar refractivity (Wildman–Crippen MR) is 188 cm³/mol. The number of hydrogen-bond acceptors (Lipinski definition) is 11. The van der Waals surface area contributed by atoms with Crippen LogP contribution in [0.25, 0.3) is 11.1 Å². The Hall–Kier alpha value is -3.78. The number of aromatic nitrogens is 7. The van der Waals surface area contributed by atoms with Crippen molar-refractivity contribution in [3.05, 3.63) is 54.5 Å². The first kappa shape index (κ1) is 35.1. The Bertz CT molecular complexity index is 1600. The fourth-order valence-corrected chi connectivity index (χ4v) is 6.91. The van der Waals surface area contributed by atoms with Crippen LogP contribution in [-0.2, 0) is 16.0 Å². The molecule has 4 aromatic rings. The molecule has 4 atom stereocenters. The third kappa shape index (κ3) is 9.27. The Morgan fingerprint density at radius 1 is 0.980 bits per heavy atom. The molecule has 1 aromatic carbocycles. The van der Waals surface area contributed by atoms with Crippen molar-refractivity contribution in [2.24, 2.45) is 0 Å². The minimum absolute atomic E-state index is 0.0755. The van der Waals surface area contributed by atoms with Gasteiger partial charge in [0.25, 0.3) is 5.88 Å². The summed E-state index contributed by atoms with van der Waals surface area (Å²) in [4.78, 5) is 15.9. The van der Waals surface area contributed by atoms with E-state index in [0.29, 0.717) is 47.8 Å². The topological polar surface area (TPSA) is 127 Å². The van der Waals surface area contributed by atoms with Gasteiger partial charge in [-0.15, -0.1) is 5.10 Å². The Morgan fingerprint density at radius 2 is 1.71 bits per heavy atom. The van der Waals surface area contributed by atoms with Crippen molar-refractivity contribution in [1.29, 1.82) is 0 Å². The largest absolute Gasteiger partial charge is 0.487 e. The van der Waals surface area contributed by atoms with Crippen molar-refractivity contribution in [1.82, 2.24) is 39.4 Å². The van der Waals surface area contributed by atoms with Gasteiger partial charge in [0.15, 0.2) is 0 Å². The summed E-state index contributed by atoms with van der Waals surface area (Å²) in [5, 5.41) is 13.0. The lowest BCUT2D eigenvalue weighted by atomic mass is 9.89. The monoisotopic (exact) mass is 693 g/mol. The second-order valence-electron chi connectivity index (χ2n) is 13.3. The summed E-state index contributed by atoms with van der Waals surface area (Å²) in [5.41, 5.74) is 2.45. The van der Waals surface area contributed by atoms with Gasteiger partial charge in [0, 0.05) is 57.2 Å². The molecular weight excluding hydrogens is 646 g/mol. The summed E-state index contributed by atoms with van der Waals surface area (Å²) in [7, 11) is 1.70. The zero-order chi connectivity index (χ0) is 34.3. The minimum atomic E-state index is -0.167. The number of morpholine rings is 1. The highest BCUT2D eigenvalue weighted by molar-refractivity contribution is 6.32. The van der Waals surface area contributed by atoms with Crippen molar-refractivity contribution in [2.45, 2.75) is 103 Å². The van der Waals surface area contributed by atoms with Gasteiger partial charge in [0.05, 0.1) is 42.1 Å². The third-order valence-corrected chi connectivity index (χ3v) is 9.46. The first-order chi connectivity index (χ1) is 23.7. The molecule has 4 heterocycles. The van der Waals surface area contributed by atoms with Gasteiger partial charge in [0.2, 0.25) is 5.95 Å². The Morgan fingerprint density at radius 3 is 2.41 bits per heavy atom. The van der Waals surface area contributed by atoms with Gasteiger partial charge in [-0.3, -0.25) is 9.58 Å². The highest BCUT2D eigenvalue weighted by Crippen LogP contribution is 2.36. The molecule has 13 nitrogen and oxygen atoms in total. The summed E-state index contributed by atoms with van der Waals surface area (Å²) < 4.78 is 27.5. The number of halogens is 1. The van der Waals surface area contributed by atoms with Crippen molar-refractivity contribution in [3.8, 4) is 22.8 Å². The number of hydrogen-bond donors (Lipinski definition) is 1. The van der Waals surface area contributed by atoms with Gasteiger partial charge in [0.1, 0.15) is 30.2 Å². The number of ether oxygens (including phenoxy) is 4. The number of nitrogens with zero attached hydrogens (tertiary/aromatic N) is 8. The zero-order valence-corrected chi connectivity index (χ0v) is 29.8. The summed E-state index contributed by atoms with van der Waals surface area (Å²) in [5.74, 6) is 1.56. The number of benzene rings is 1. The lowest BCUT2D eigenvalue weighted by Gasteiger charge is -2.42. The smallest absolute Gasteiger partial charge is 0.257 e. The summed E-state index contributed by atoms with van der Waals surface area (Å²) in [6.45, 7) is 11.5. The normalized spacial score (nSPS) is 22.8. The van der Waals surface area contributed by atoms with E-state index in [9.17, 15) is 0 Å². The lowest BCUT2D eigenvalue weighted by molar-refractivity contribution is -0.0852. The van der Waals surface area contributed by atoms with Gasteiger partial charge in [-0.05, 0) is 71.1 Å². The maximum Gasteiger partial charge on any atom is 0.257 e. The second kappa shape index (κ2) is 16.3. The summed E-state index contributed by atoms with van der Waals surface area (Å²) in [6.07, 6.45) is 14.2. The van der Waals surface area contributed by atoms with Crippen LogP contribution in [0.4, 0.5) is 11.6 Å². The molecule has 1 saturated heterocycles. The van der Waals surface area contributed by atoms with Gasteiger partial charge >= 0.3 is 0 Å². The standard InChI is InChI=1S/C35H48ClN9O4/c1-23(12-13-46-5)49-34-32(20-45(42-34)30-9-7-29(8-10-30)43-17-24(2)47-25(3)18-43)41-35-38-15-28(16-39-35)27-6-11-31(36)33(14-27)48-26(4)19-44-22-37-21-40-44/h6,11,14-16,20-26,29-30H,7-10,12-13,17-19H2,1-5H3,(H,38,39,41)/t23?,24-,25+,26-,29-,30-/m0/s1. The highest BCUT2D eigenvalue weighted by Gasteiger charge is 2.32. The van der Waals surface area contributed by atoms with Crippen molar-refractivity contribution in [2.75, 3.05) is 32.1 Å². The van der Waals surface area contributed by atoms with Gasteiger partial charge in [-0.2, -0.15) is 5.10 Å². The van der Waals surface area contributed by atoms with Crippen LogP contribution in [0.2, 0.25) is 5.02 Å². The van der Waals surface area contributed by atoms with Crippen LogP contribution in [-0.4, -0.2) is 96.7 Å². The molecule has 2 fully saturated rings. The molecule has 1 unspecified atom stereocenters. The van der Waals surface area contributed by atoms with Crippen molar-refractivity contribution in [3.63, 3.8) is 0 Å². The van der Waals surface area contributed by atoms with E-state index < -0.39 is 0 Å². The maximum atomic E-state index is 6.48. The van der Waals surface area contributed by atoms with Crippen LogP contribution in [0.15, 0.2) is 49.4 Å². The number of methoxy groups -OCH3 is 1. The van der Waals surface area contributed by atoms with Gasteiger partial charge in [-0.1, -0.05) is 17.7 Å². The molecule has 0 radical (unpaired) electrons. The van der Waals surface area contributed by atoms with Crippen LogP contribution in [0.3, 0.4) is 0 Å².